The maximum absolute atomic E-state index is 5.72. The van der Waals surface area contributed by atoms with Crippen molar-refractivity contribution in [2.45, 2.75) is 44.3 Å². The molecule has 2 aromatic carbocycles. The molecule has 2 atom stereocenters. The molecule has 0 bridgehead atoms. The number of hydrogen-bond donors (Lipinski definition) is 2. The van der Waals surface area contributed by atoms with E-state index in [-0.39, 0.29) is 17.6 Å². The fourth-order valence-electron chi connectivity index (χ4n) is 3.72. The molecular weight excluding hydrogens is 512 g/mol. The Kier molecular flexibility index (Phi) is 14.7. The minimum Gasteiger partial charge on any atom is -0.491 e. The van der Waals surface area contributed by atoms with Crippen molar-refractivity contribution >= 4 is 0 Å². The summed E-state index contributed by atoms with van der Waals surface area (Å²) in [6.07, 6.45) is 2.37. The molecule has 2 aliphatic rings. The summed E-state index contributed by atoms with van der Waals surface area (Å²) < 4.78 is 37.6. The zero-order valence-corrected chi connectivity index (χ0v) is 24.2. The highest BCUT2D eigenvalue weighted by Gasteiger charge is 2.25. The van der Waals surface area contributed by atoms with E-state index < -0.39 is 0 Å². The highest BCUT2D eigenvalue weighted by atomic mass is 16.6. The van der Waals surface area contributed by atoms with Crippen LogP contribution in [0.2, 0.25) is 0 Å². The van der Waals surface area contributed by atoms with Crippen molar-refractivity contribution in [3.63, 3.8) is 0 Å². The van der Waals surface area contributed by atoms with E-state index in [9.17, 15) is 0 Å². The normalized spacial score (nSPS) is 17.6. The van der Waals surface area contributed by atoms with Crippen LogP contribution < -0.4 is 20.9 Å². The maximum Gasteiger partial charge on any atom is 0.119 e. The second kappa shape index (κ2) is 18.2. The zero-order chi connectivity index (χ0) is 28.5. The lowest BCUT2D eigenvalue weighted by atomic mass is 9.78. The van der Waals surface area contributed by atoms with E-state index in [4.69, 9.17) is 44.6 Å². The van der Waals surface area contributed by atoms with Gasteiger partial charge in [0.1, 0.15) is 36.9 Å². The summed E-state index contributed by atoms with van der Waals surface area (Å²) in [6, 6.07) is 16.7. The van der Waals surface area contributed by atoms with E-state index in [1.165, 1.54) is 11.1 Å². The van der Waals surface area contributed by atoms with Gasteiger partial charge in [0, 0.05) is 18.6 Å². The van der Waals surface area contributed by atoms with Crippen molar-refractivity contribution in [2.75, 3.05) is 79.2 Å². The van der Waals surface area contributed by atoms with Crippen molar-refractivity contribution in [2.24, 2.45) is 11.5 Å². The molecule has 4 rings (SSSR count). The number of rotatable bonds is 20. The van der Waals surface area contributed by atoms with E-state index in [0.717, 1.165) is 37.6 Å². The number of hydrogen-bond acceptors (Lipinski definition) is 9. The highest BCUT2D eigenvalue weighted by molar-refractivity contribution is 5.41. The molecule has 2 aromatic rings. The van der Waals surface area contributed by atoms with Gasteiger partial charge in [0.05, 0.1) is 39.6 Å². The summed E-state index contributed by atoms with van der Waals surface area (Å²) in [5.41, 5.74) is 13.0. The van der Waals surface area contributed by atoms with Gasteiger partial charge >= 0.3 is 0 Å². The van der Waals surface area contributed by atoms with Crippen LogP contribution in [0.15, 0.2) is 48.5 Å². The Morgan fingerprint density at radius 1 is 0.625 bits per heavy atom. The predicted molar refractivity (Wildman–Crippen MR) is 155 cm³/mol. The van der Waals surface area contributed by atoms with Gasteiger partial charge < -0.3 is 44.6 Å². The quantitative estimate of drug-likeness (QED) is 0.185. The minimum absolute atomic E-state index is 0.0870. The first-order chi connectivity index (χ1) is 19.5. The fourth-order valence-corrected chi connectivity index (χ4v) is 3.72. The summed E-state index contributed by atoms with van der Waals surface area (Å²) in [7, 11) is 0. The van der Waals surface area contributed by atoms with Gasteiger partial charge in [-0.2, -0.15) is 0 Å². The summed E-state index contributed by atoms with van der Waals surface area (Å²) in [5, 5.41) is 0. The Morgan fingerprint density at radius 3 is 1.30 bits per heavy atom. The molecule has 4 N–H and O–H groups in total. The van der Waals surface area contributed by atoms with Crippen molar-refractivity contribution in [1.82, 2.24) is 0 Å². The molecule has 2 saturated heterocycles. The molecule has 2 aliphatic heterocycles. The standard InChI is InChI=1S/C21H24O4.C10H24N2O3/c1-21(2,15-3-7-17(8-4-15)22-11-19-13-24-19)16-5-9-18(10-6-16)23-12-20-14-25-20;11-3-1-5-13-7-9-15-10-8-14-6-2-4-12/h3-10,19-20H,11-14H2,1-2H3;1-12H2. The number of ether oxygens (including phenoxy) is 7. The van der Waals surface area contributed by atoms with Crippen LogP contribution in [-0.2, 0) is 29.1 Å². The molecule has 2 fully saturated rings. The van der Waals surface area contributed by atoms with Crippen LogP contribution in [0.5, 0.6) is 11.5 Å². The first-order valence-corrected chi connectivity index (χ1v) is 14.4. The van der Waals surface area contributed by atoms with Crippen molar-refractivity contribution in [1.29, 1.82) is 0 Å². The van der Waals surface area contributed by atoms with Crippen molar-refractivity contribution in [3.8, 4) is 11.5 Å². The van der Waals surface area contributed by atoms with Gasteiger partial charge in [0.15, 0.2) is 0 Å². The molecule has 40 heavy (non-hydrogen) atoms. The van der Waals surface area contributed by atoms with Crippen LogP contribution in [-0.4, -0.2) is 91.4 Å². The zero-order valence-electron chi connectivity index (χ0n) is 24.2. The first-order valence-electron chi connectivity index (χ1n) is 14.4. The Morgan fingerprint density at radius 2 is 0.975 bits per heavy atom. The van der Waals surface area contributed by atoms with Crippen LogP contribution in [0.3, 0.4) is 0 Å². The minimum atomic E-state index is -0.0870. The van der Waals surface area contributed by atoms with Crippen LogP contribution in [0.1, 0.15) is 37.8 Å². The summed E-state index contributed by atoms with van der Waals surface area (Å²) in [5.74, 6) is 1.78. The largest absolute Gasteiger partial charge is 0.491 e. The van der Waals surface area contributed by atoms with Crippen LogP contribution in [0.4, 0.5) is 0 Å². The number of epoxide rings is 2. The third-order valence-corrected chi connectivity index (χ3v) is 6.56. The molecule has 0 aromatic heterocycles. The molecule has 224 valence electrons. The van der Waals surface area contributed by atoms with Gasteiger partial charge in [-0.15, -0.1) is 0 Å². The Labute approximate surface area is 239 Å². The molecule has 0 saturated carbocycles. The monoisotopic (exact) mass is 560 g/mol. The number of nitrogens with two attached hydrogens (primary N) is 2. The van der Waals surface area contributed by atoms with E-state index in [2.05, 4.69) is 38.1 Å². The lowest BCUT2D eigenvalue weighted by Crippen LogP contribution is -2.18. The smallest absolute Gasteiger partial charge is 0.119 e. The average molecular weight is 561 g/mol. The molecule has 0 amide bonds. The molecule has 0 radical (unpaired) electrons. The second-order valence-electron chi connectivity index (χ2n) is 10.3. The van der Waals surface area contributed by atoms with Gasteiger partial charge in [-0.05, 0) is 61.3 Å². The molecule has 2 heterocycles. The summed E-state index contributed by atoms with van der Waals surface area (Å²) >= 11 is 0. The molecule has 0 aliphatic carbocycles. The Hall–Kier alpha value is -2.24. The topological polar surface area (TPSA) is 123 Å². The summed E-state index contributed by atoms with van der Waals surface area (Å²) in [4.78, 5) is 0. The SMILES string of the molecule is CC(C)(c1ccc(OCC2CO2)cc1)c1ccc(OCC2CO2)cc1.NCCCOCCOCCOCCCN. The van der Waals surface area contributed by atoms with E-state index >= 15 is 0 Å². The van der Waals surface area contributed by atoms with Crippen LogP contribution in [0, 0.1) is 0 Å². The lowest BCUT2D eigenvalue weighted by Gasteiger charge is -2.26. The van der Waals surface area contributed by atoms with Gasteiger partial charge in [-0.25, -0.2) is 0 Å². The van der Waals surface area contributed by atoms with Crippen molar-refractivity contribution < 1.29 is 33.2 Å². The third kappa shape index (κ3) is 13.0. The maximum atomic E-state index is 5.72. The highest BCUT2D eigenvalue weighted by Crippen LogP contribution is 2.33. The molecular formula is C31H48N2O7. The van der Waals surface area contributed by atoms with E-state index in [1.54, 1.807) is 0 Å². The average Bonchev–Trinajstić information content (AvgIpc) is 3.90. The van der Waals surface area contributed by atoms with E-state index in [1.807, 2.05) is 24.3 Å². The molecule has 2 unspecified atom stereocenters. The number of benzene rings is 2. The third-order valence-electron chi connectivity index (χ3n) is 6.56. The van der Waals surface area contributed by atoms with Crippen LogP contribution in [0.25, 0.3) is 0 Å². The van der Waals surface area contributed by atoms with Gasteiger partial charge in [0.25, 0.3) is 0 Å². The molecule has 0 spiro atoms. The first kappa shape index (κ1) is 32.3. The molecule has 9 heteroatoms. The fraction of sp³-hybridized carbons (Fsp3) is 0.613. The predicted octanol–water partition coefficient (Wildman–Crippen LogP) is 3.30. The van der Waals surface area contributed by atoms with E-state index in [0.29, 0.717) is 65.9 Å². The van der Waals surface area contributed by atoms with Gasteiger partial charge in [0.2, 0.25) is 0 Å². The Bertz CT molecular complexity index is 843. The molecule has 9 nitrogen and oxygen atoms in total. The van der Waals surface area contributed by atoms with Gasteiger partial charge in [-0.1, -0.05) is 38.1 Å². The second-order valence-corrected chi connectivity index (χ2v) is 10.3. The summed E-state index contributed by atoms with van der Waals surface area (Å²) in [6.45, 7) is 12.6. The van der Waals surface area contributed by atoms with Crippen molar-refractivity contribution in [3.05, 3.63) is 59.7 Å². The van der Waals surface area contributed by atoms with Gasteiger partial charge in [-0.3, -0.25) is 0 Å². The Balaban J connectivity index is 0.000000255. The van der Waals surface area contributed by atoms with Crippen LogP contribution >= 0.6 is 0 Å². The lowest BCUT2D eigenvalue weighted by molar-refractivity contribution is 0.0143.